The Hall–Kier alpha value is -1.27. The molecular formula is C23H27Cl. The fourth-order valence-corrected chi connectivity index (χ4v) is 4.96. The van der Waals surface area contributed by atoms with Gasteiger partial charge in [0.1, 0.15) is 0 Å². The molecule has 0 fully saturated rings. The zero-order valence-electron chi connectivity index (χ0n) is 15.7. The molecule has 2 aliphatic rings. The molecule has 0 unspecified atom stereocenters. The maximum absolute atomic E-state index is 6.33. The summed E-state index contributed by atoms with van der Waals surface area (Å²) in [7, 11) is 0. The lowest BCUT2D eigenvalue weighted by Gasteiger charge is -2.42. The first-order valence-electron chi connectivity index (χ1n) is 9.04. The molecule has 2 aromatic carbocycles. The Morgan fingerprint density at radius 3 is 1.83 bits per heavy atom. The summed E-state index contributed by atoms with van der Waals surface area (Å²) in [5.74, 6) is 0. The van der Waals surface area contributed by atoms with Gasteiger partial charge in [0, 0.05) is 10.4 Å². The Bertz CT molecular complexity index is 853. The van der Waals surface area contributed by atoms with Crippen LogP contribution in [0.15, 0.2) is 30.3 Å². The van der Waals surface area contributed by atoms with Crippen molar-refractivity contribution in [3.05, 3.63) is 57.6 Å². The summed E-state index contributed by atoms with van der Waals surface area (Å²) in [6.45, 7) is 14.3. The molecule has 0 aliphatic heterocycles. The zero-order chi connectivity index (χ0) is 17.5. The standard InChI is InChI=1S/C23H27Cl/c1-21(2)9-10-22(3,4)20-13-18-16(12-19(20)21)15-11-14(24)7-8-17(15)23(18,5)6/h7-8,11-13H,9-10H2,1-6H3. The van der Waals surface area contributed by atoms with Gasteiger partial charge in [-0.05, 0) is 75.3 Å². The maximum Gasteiger partial charge on any atom is 0.0412 e. The second-order valence-corrected chi connectivity index (χ2v) is 9.96. The molecule has 4 rings (SSSR count). The number of hydrogen-bond donors (Lipinski definition) is 0. The van der Waals surface area contributed by atoms with E-state index < -0.39 is 0 Å². The number of fused-ring (bicyclic) bond motifs is 4. The Labute approximate surface area is 151 Å². The Morgan fingerprint density at radius 2 is 1.21 bits per heavy atom. The van der Waals surface area contributed by atoms with Crippen molar-refractivity contribution < 1.29 is 0 Å². The van der Waals surface area contributed by atoms with Gasteiger partial charge in [-0.1, -0.05) is 65.3 Å². The van der Waals surface area contributed by atoms with E-state index in [9.17, 15) is 0 Å². The smallest absolute Gasteiger partial charge is 0.0412 e. The summed E-state index contributed by atoms with van der Waals surface area (Å²) in [4.78, 5) is 0. The van der Waals surface area contributed by atoms with Crippen LogP contribution in [0.3, 0.4) is 0 Å². The third-order valence-corrected chi connectivity index (χ3v) is 6.84. The van der Waals surface area contributed by atoms with E-state index >= 15 is 0 Å². The molecule has 0 saturated carbocycles. The molecule has 0 spiro atoms. The predicted molar refractivity (Wildman–Crippen MR) is 104 cm³/mol. The van der Waals surface area contributed by atoms with Gasteiger partial charge in [-0.25, -0.2) is 0 Å². The van der Waals surface area contributed by atoms with E-state index in [-0.39, 0.29) is 16.2 Å². The lowest BCUT2D eigenvalue weighted by Crippen LogP contribution is -2.34. The summed E-state index contributed by atoms with van der Waals surface area (Å²) < 4.78 is 0. The second kappa shape index (κ2) is 4.67. The first-order valence-corrected chi connectivity index (χ1v) is 9.42. The van der Waals surface area contributed by atoms with E-state index in [1.54, 1.807) is 5.56 Å². The minimum absolute atomic E-state index is 0.0436. The molecule has 24 heavy (non-hydrogen) atoms. The highest BCUT2D eigenvalue weighted by atomic mass is 35.5. The van der Waals surface area contributed by atoms with Crippen molar-refractivity contribution in [2.45, 2.75) is 70.6 Å². The highest BCUT2D eigenvalue weighted by molar-refractivity contribution is 6.31. The Morgan fingerprint density at radius 1 is 0.667 bits per heavy atom. The minimum atomic E-state index is 0.0436. The molecule has 0 saturated heterocycles. The zero-order valence-corrected chi connectivity index (χ0v) is 16.4. The number of hydrogen-bond acceptors (Lipinski definition) is 0. The second-order valence-electron chi connectivity index (χ2n) is 9.53. The van der Waals surface area contributed by atoms with Crippen LogP contribution in [0.5, 0.6) is 0 Å². The van der Waals surface area contributed by atoms with Crippen LogP contribution in [-0.2, 0) is 16.2 Å². The lowest BCUT2D eigenvalue weighted by atomic mass is 9.62. The Balaban J connectivity index is 2.07. The lowest BCUT2D eigenvalue weighted by molar-refractivity contribution is 0.331. The Kier molecular flexibility index (Phi) is 3.15. The molecule has 0 N–H and O–H groups in total. The average molecular weight is 339 g/mol. The highest BCUT2D eigenvalue weighted by Gasteiger charge is 2.42. The fourth-order valence-electron chi connectivity index (χ4n) is 4.78. The molecular weight excluding hydrogens is 312 g/mol. The van der Waals surface area contributed by atoms with E-state index in [1.807, 2.05) is 6.07 Å². The predicted octanol–water partition coefficient (Wildman–Crippen LogP) is 7.00. The topological polar surface area (TPSA) is 0 Å². The first kappa shape index (κ1) is 16.2. The van der Waals surface area contributed by atoms with Crippen molar-refractivity contribution in [3.63, 3.8) is 0 Å². The molecule has 0 bridgehead atoms. The van der Waals surface area contributed by atoms with Gasteiger partial charge in [-0.15, -0.1) is 0 Å². The number of rotatable bonds is 0. The summed E-state index contributed by atoms with van der Waals surface area (Å²) >= 11 is 6.33. The van der Waals surface area contributed by atoms with Gasteiger partial charge < -0.3 is 0 Å². The van der Waals surface area contributed by atoms with Crippen LogP contribution in [0.1, 0.15) is 76.6 Å². The van der Waals surface area contributed by atoms with Crippen LogP contribution in [0.2, 0.25) is 5.02 Å². The number of halogens is 1. The van der Waals surface area contributed by atoms with E-state index in [0.717, 1.165) is 5.02 Å². The van der Waals surface area contributed by atoms with E-state index in [2.05, 4.69) is 65.8 Å². The monoisotopic (exact) mass is 338 g/mol. The molecule has 0 nitrogen and oxygen atoms in total. The van der Waals surface area contributed by atoms with Crippen molar-refractivity contribution in [1.82, 2.24) is 0 Å². The minimum Gasteiger partial charge on any atom is -0.0843 e. The van der Waals surface area contributed by atoms with Gasteiger partial charge in [0.25, 0.3) is 0 Å². The normalized spacial score (nSPS) is 21.8. The molecule has 0 atom stereocenters. The summed E-state index contributed by atoms with van der Waals surface area (Å²) in [5, 5.41) is 0.828. The average Bonchev–Trinajstić information content (AvgIpc) is 2.71. The van der Waals surface area contributed by atoms with E-state index in [1.165, 1.54) is 40.7 Å². The molecule has 2 aliphatic carbocycles. The fraction of sp³-hybridized carbons (Fsp3) is 0.478. The molecule has 0 heterocycles. The third kappa shape index (κ3) is 2.05. The molecule has 0 amide bonds. The summed E-state index contributed by atoms with van der Waals surface area (Å²) in [6, 6.07) is 11.4. The van der Waals surface area contributed by atoms with Crippen molar-refractivity contribution in [2.75, 3.05) is 0 Å². The van der Waals surface area contributed by atoms with Crippen molar-refractivity contribution >= 4 is 11.6 Å². The number of benzene rings is 2. The SMILES string of the molecule is CC1(C)CCC(C)(C)c2cc3c(cc21)-c1cc(Cl)ccc1C3(C)C. The van der Waals surface area contributed by atoms with Gasteiger partial charge in [-0.3, -0.25) is 0 Å². The summed E-state index contributed by atoms with van der Waals surface area (Å²) in [5.41, 5.74) is 9.19. The molecule has 126 valence electrons. The van der Waals surface area contributed by atoms with Crippen LogP contribution in [-0.4, -0.2) is 0 Å². The largest absolute Gasteiger partial charge is 0.0843 e. The van der Waals surface area contributed by atoms with Crippen LogP contribution in [0, 0.1) is 0 Å². The molecule has 0 aromatic heterocycles. The van der Waals surface area contributed by atoms with Crippen LogP contribution in [0.4, 0.5) is 0 Å². The van der Waals surface area contributed by atoms with Crippen LogP contribution >= 0.6 is 11.6 Å². The van der Waals surface area contributed by atoms with Gasteiger partial charge in [-0.2, -0.15) is 0 Å². The van der Waals surface area contributed by atoms with E-state index in [4.69, 9.17) is 11.6 Å². The van der Waals surface area contributed by atoms with Gasteiger partial charge in [0.05, 0.1) is 0 Å². The van der Waals surface area contributed by atoms with Gasteiger partial charge in [0.15, 0.2) is 0 Å². The van der Waals surface area contributed by atoms with Gasteiger partial charge >= 0.3 is 0 Å². The highest BCUT2D eigenvalue weighted by Crippen LogP contribution is 2.54. The van der Waals surface area contributed by atoms with Gasteiger partial charge in [0.2, 0.25) is 0 Å². The van der Waals surface area contributed by atoms with Crippen LogP contribution in [0.25, 0.3) is 11.1 Å². The molecule has 0 radical (unpaired) electrons. The van der Waals surface area contributed by atoms with Crippen LogP contribution < -0.4 is 0 Å². The first-order chi connectivity index (χ1) is 11.0. The third-order valence-electron chi connectivity index (χ3n) is 6.61. The van der Waals surface area contributed by atoms with Crippen molar-refractivity contribution in [1.29, 1.82) is 0 Å². The summed E-state index contributed by atoms with van der Waals surface area (Å²) in [6.07, 6.45) is 2.50. The molecule has 2 aromatic rings. The van der Waals surface area contributed by atoms with Crippen molar-refractivity contribution in [2.24, 2.45) is 0 Å². The van der Waals surface area contributed by atoms with Crippen molar-refractivity contribution in [3.8, 4) is 11.1 Å². The molecule has 1 heteroatoms. The maximum atomic E-state index is 6.33. The van der Waals surface area contributed by atoms with E-state index in [0.29, 0.717) is 0 Å². The quantitative estimate of drug-likeness (QED) is 0.485.